The smallest absolute Gasteiger partial charge is 0.333 e. The molecule has 1 aliphatic rings. The summed E-state index contributed by atoms with van der Waals surface area (Å²) in [4.78, 5) is 11.0. The molecule has 1 aliphatic carbocycles. The van der Waals surface area contributed by atoms with Crippen LogP contribution < -0.4 is 0 Å². The van der Waals surface area contributed by atoms with Gasteiger partial charge in [-0.25, -0.2) is 4.79 Å². The fourth-order valence-electron chi connectivity index (χ4n) is 1.28. The first-order chi connectivity index (χ1) is 5.77. The van der Waals surface area contributed by atoms with Crippen molar-refractivity contribution in [1.29, 1.82) is 0 Å². The number of methoxy groups -OCH3 is 1. The molecule has 0 radical (unpaired) electrons. The Morgan fingerprint density at radius 2 is 2.25 bits per heavy atom. The standard InChI is InChI=1S/C10H14O2/c1-3-8-4-6-9(7-5-8)10(11)12-2/h4,6H,3,5,7H2,1-2H3. The maximum atomic E-state index is 11.0. The van der Waals surface area contributed by atoms with E-state index in [4.69, 9.17) is 0 Å². The van der Waals surface area contributed by atoms with Gasteiger partial charge in [0.1, 0.15) is 0 Å². The van der Waals surface area contributed by atoms with Crippen LogP contribution in [0.5, 0.6) is 0 Å². The summed E-state index contributed by atoms with van der Waals surface area (Å²) in [7, 11) is 1.42. The topological polar surface area (TPSA) is 26.3 Å². The Labute approximate surface area is 72.9 Å². The minimum atomic E-state index is -0.193. The summed E-state index contributed by atoms with van der Waals surface area (Å²) in [6.07, 6.45) is 6.79. The lowest BCUT2D eigenvalue weighted by Gasteiger charge is -2.11. The molecule has 0 aliphatic heterocycles. The first kappa shape index (κ1) is 9.04. The summed E-state index contributed by atoms with van der Waals surface area (Å²) in [6, 6.07) is 0. The van der Waals surface area contributed by atoms with Crippen molar-refractivity contribution < 1.29 is 9.53 Å². The van der Waals surface area contributed by atoms with Gasteiger partial charge in [0, 0.05) is 5.57 Å². The van der Waals surface area contributed by atoms with Gasteiger partial charge in [-0.1, -0.05) is 24.6 Å². The molecule has 12 heavy (non-hydrogen) atoms. The summed E-state index contributed by atoms with van der Waals surface area (Å²) in [5.74, 6) is -0.193. The van der Waals surface area contributed by atoms with Crippen molar-refractivity contribution in [2.24, 2.45) is 0 Å². The molecule has 2 nitrogen and oxygen atoms in total. The van der Waals surface area contributed by atoms with Gasteiger partial charge in [0.25, 0.3) is 0 Å². The number of ether oxygens (including phenoxy) is 1. The molecular formula is C10H14O2. The quantitative estimate of drug-likeness (QED) is 0.588. The number of allylic oxidation sites excluding steroid dienone is 3. The van der Waals surface area contributed by atoms with Crippen molar-refractivity contribution >= 4 is 5.97 Å². The highest BCUT2D eigenvalue weighted by molar-refractivity contribution is 5.89. The third-order valence-corrected chi connectivity index (χ3v) is 2.14. The van der Waals surface area contributed by atoms with Gasteiger partial charge >= 0.3 is 5.97 Å². The molecule has 1 rings (SSSR count). The van der Waals surface area contributed by atoms with Gasteiger partial charge in [-0.3, -0.25) is 0 Å². The molecule has 0 amide bonds. The van der Waals surface area contributed by atoms with Gasteiger partial charge in [-0.15, -0.1) is 0 Å². The van der Waals surface area contributed by atoms with E-state index in [2.05, 4.69) is 11.7 Å². The number of hydrogen-bond acceptors (Lipinski definition) is 2. The molecule has 0 saturated carbocycles. The van der Waals surface area contributed by atoms with E-state index in [1.807, 2.05) is 12.2 Å². The fraction of sp³-hybridized carbons (Fsp3) is 0.500. The van der Waals surface area contributed by atoms with Crippen molar-refractivity contribution in [3.63, 3.8) is 0 Å². The minimum Gasteiger partial charge on any atom is -0.466 e. The fourth-order valence-corrected chi connectivity index (χ4v) is 1.28. The van der Waals surface area contributed by atoms with Crippen molar-refractivity contribution in [2.75, 3.05) is 7.11 Å². The van der Waals surface area contributed by atoms with Crippen LogP contribution >= 0.6 is 0 Å². The SMILES string of the molecule is CCC1=CC=C(C(=O)OC)CC1. The molecule has 0 N–H and O–H groups in total. The van der Waals surface area contributed by atoms with E-state index in [0.717, 1.165) is 24.8 Å². The predicted molar refractivity (Wildman–Crippen MR) is 47.7 cm³/mol. The van der Waals surface area contributed by atoms with Crippen LogP contribution in [0.2, 0.25) is 0 Å². The van der Waals surface area contributed by atoms with Gasteiger partial charge in [0.15, 0.2) is 0 Å². The Balaban J connectivity index is 2.66. The maximum Gasteiger partial charge on any atom is 0.333 e. The number of hydrogen-bond donors (Lipinski definition) is 0. The Hall–Kier alpha value is -1.05. The highest BCUT2D eigenvalue weighted by Gasteiger charge is 2.12. The van der Waals surface area contributed by atoms with Gasteiger partial charge in [-0.05, 0) is 19.3 Å². The van der Waals surface area contributed by atoms with Crippen LogP contribution in [0.1, 0.15) is 26.2 Å². The lowest BCUT2D eigenvalue weighted by molar-refractivity contribution is -0.136. The average Bonchev–Trinajstić information content (AvgIpc) is 2.17. The number of rotatable bonds is 2. The third-order valence-electron chi connectivity index (χ3n) is 2.14. The van der Waals surface area contributed by atoms with Crippen molar-refractivity contribution in [2.45, 2.75) is 26.2 Å². The molecule has 0 aromatic heterocycles. The van der Waals surface area contributed by atoms with Crippen molar-refractivity contribution in [3.8, 4) is 0 Å². The molecule has 0 saturated heterocycles. The van der Waals surface area contributed by atoms with Crippen LogP contribution in [0.15, 0.2) is 23.3 Å². The van der Waals surface area contributed by atoms with Crippen LogP contribution in [0.4, 0.5) is 0 Å². The van der Waals surface area contributed by atoms with Crippen LogP contribution in [-0.4, -0.2) is 13.1 Å². The van der Waals surface area contributed by atoms with Crippen molar-refractivity contribution in [1.82, 2.24) is 0 Å². The second-order valence-electron chi connectivity index (χ2n) is 2.86. The van der Waals surface area contributed by atoms with E-state index in [9.17, 15) is 4.79 Å². The monoisotopic (exact) mass is 166 g/mol. The van der Waals surface area contributed by atoms with Crippen LogP contribution in [0.25, 0.3) is 0 Å². The van der Waals surface area contributed by atoms with E-state index in [0.29, 0.717) is 0 Å². The molecule has 0 bridgehead atoms. The average molecular weight is 166 g/mol. The van der Waals surface area contributed by atoms with Gasteiger partial charge < -0.3 is 4.74 Å². The van der Waals surface area contributed by atoms with E-state index in [-0.39, 0.29) is 5.97 Å². The molecule has 0 heterocycles. The molecule has 0 spiro atoms. The molecule has 0 fully saturated rings. The van der Waals surface area contributed by atoms with Crippen LogP contribution in [0, 0.1) is 0 Å². The zero-order valence-electron chi connectivity index (χ0n) is 7.59. The van der Waals surface area contributed by atoms with Crippen LogP contribution in [0.3, 0.4) is 0 Å². The lowest BCUT2D eigenvalue weighted by atomic mass is 9.97. The first-order valence-electron chi connectivity index (χ1n) is 4.24. The van der Waals surface area contributed by atoms with E-state index in [1.165, 1.54) is 12.7 Å². The van der Waals surface area contributed by atoms with E-state index >= 15 is 0 Å². The second kappa shape index (κ2) is 4.10. The number of carbonyl (C=O) groups is 1. The van der Waals surface area contributed by atoms with E-state index in [1.54, 1.807) is 0 Å². The predicted octanol–water partition coefficient (Wildman–Crippen LogP) is 2.22. The zero-order valence-corrected chi connectivity index (χ0v) is 7.59. The molecule has 66 valence electrons. The third kappa shape index (κ3) is 1.97. The molecule has 2 heteroatoms. The normalized spacial score (nSPS) is 16.5. The highest BCUT2D eigenvalue weighted by Crippen LogP contribution is 2.20. The van der Waals surface area contributed by atoms with Crippen molar-refractivity contribution in [3.05, 3.63) is 23.3 Å². The van der Waals surface area contributed by atoms with Gasteiger partial charge in [0.05, 0.1) is 7.11 Å². The summed E-state index contributed by atoms with van der Waals surface area (Å²) in [6.45, 7) is 2.13. The summed E-state index contributed by atoms with van der Waals surface area (Å²) in [5.41, 5.74) is 2.19. The molecule has 0 atom stereocenters. The molecule has 0 aromatic carbocycles. The highest BCUT2D eigenvalue weighted by atomic mass is 16.5. The second-order valence-corrected chi connectivity index (χ2v) is 2.86. The van der Waals surface area contributed by atoms with Gasteiger partial charge in [0.2, 0.25) is 0 Å². The van der Waals surface area contributed by atoms with E-state index < -0.39 is 0 Å². The maximum absolute atomic E-state index is 11.0. The Morgan fingerprint density at radius 1 is 1.50 bits per heavy atom. The number of carbonyl (C=O) groups excluding carboxylic acids is 1. The largest absolute Gasteiger partial charge is 0.466 e. The first-order valence-corrected chi connectivity index (χ1v) is 4.24. The van der Waals surface area contributed by atoms with Crippen LogP contribution in [-0.2, 0) is 9.53 Å². The Bertz CT molecular complexity index is 236. The Morgan fingerprint density at radius 3 is 2.67 bits per heavy atom. The summed E-state index contributed by atoms with van der Waals surface area (Å²) >= 11 is 0. The van der Waals surface area contributed by atoms with Gasteiger partial charge in [-0.2, -0.15) is 0 Å². The lowest BCUT2D eigenvalue weighted by Crippen LogP contribution is -2.07. The Kier molecular flexibility index (Phi) is 3.09. The minimum absolute atomic E-state index is 0.193. The molecular weight excluding hydrogens is 152 g/mol. The summed E-state index contributed by atoms with van der Waals surface area (Å²) in [5, 5.41) is 0. The number of esters is 1. The molecule has 0 unspecified atom stereocenters. The summed E-state index contributed by atoms with van der Waals surface area (Å²) < 4.78 is 4.62. The zero-order chi connectivity index (χ0) is 8.97. The molecule has 0 aromatic rings.